The van der Waals surface area contributed by atoms with Gasteiger partial charge in [0.05, 0.1) is 6.10 Å². The summed E-state index contributed by atoms with van der Waals surface area (Å²) in [6.45, 7) is 2.46. The molecule has 1 unspecified atom stereocenters. The molecule has 0 saturated heterocycles. The van der Waals surface area contributed by atoms with Crippen molar-refractivity contribution >= 4 is 0 Å². The Labute approximate surface area is 114 Å². The molecule has 0 rings (SSSR count). The third-order valence-corrected chi connectivity index (χ3v) is 3.59. The molecule has 0 aliphatic heterocycles. The van der Waals surface area contributed by atoms with E-state index in [0.717, 1.165) is 25.7 Å². The maximum atomic E-state index is 9.59. The smallest absolute Gasteiger partial charge is 0.0541 e. The van der Waals surface area contributed by atoms with Gasteiger partial charge in [0.15, 0.2) is 0 Å². The van der Waals surface area contributed by atoms with Gasteiger partial charge in [0.1, 0.15) is 0 Å². The lowest BCUT2D eigenvalue weighted by Gasteiger charge is -2.09. The lowest BCUT2D eigenvalue weighted by atomic mass is 10.0. The van der Waals surface area contributed by atoms with Crippen LogP contribution >= 0.6 is 0 Å². The fourth-order valence-corrected chi connectivity index (χ4v) is 2.34. The second-order valence-electron chi connectivity index (χ2n) is 5.49. The SMILES string of the molecule is CCCCCCCCCCCCC(O)CCCO. The van der Waals surface area contributed by atoms with E-state index in [0.29, 0.717) is 0 Å². The average molecular weight is 258 g/mol. The first-order valence-electron chi connectivity index (χ1n) is 8.10. The molecule has 0 aromatic carbocycles. The van der Waals surface area contributed by atoms with Gasteiger partial charge in [-0.05, 0) is 19.3 Å². The Hall–Kier alpha value is -0.0800. The molecule has 2 nitrogen and oxygen atoms in total. The maximum Gasteiger partial charge on any atom is 0.0541 e. The number of hydrogen-bond acceptors (Lipinski definition) is 2. The first-order valence-corrected chi connectivity index (χ1v) is 8.10. The monoisotopic (exact) mass is 258 g/mol. The van der Waals surface area contributed by atoms with Crippen LogP contribution in [0.2, 0.25) is 0 Å². The Bertz CT molecular complexity index is 148. The van der Waals surface area contributed by atoms with Crippen molar-refractivity contribution in [3.05, 3.63) is 0 Å². The number of aliphatic hydroxyl groups excluding tert-OH is 2. The molecular weight excluding hydrogens is 224 g/mol. The minimum atomic E-state index is -0.189. The van der Waals surface area contributed by atoms with E-state index in [4.69, 9.17) is 5.11 Å². The molecule has 0 aliphatic rings. The molecule has 2 heteroatoms. The van der Waals surface area contributed by atoms with Gasteiger partial charge in [-0.3, -0.25) is 0 Å². The summed E-state index contributed by atoms with van der Waals surface area (Å²) in [5.41, 5.74) is 0. The second kappa shape index (κ2) is 15.0. The van der Waals surface area contributed by atoms with E-state index >= 15 is 0 Å². The normalized spacial score (nSPS) is 12.8. The number of unbranched alkanes of at least 4 members (excludes halogenated alkanes) is 9. The minimum Gasteiger partial charge on any atom is -0.396 e. The Kier molecular flexibility index (Phi) is 14.9. The van der Waals surface area contributed by atoms with Gasteiger partial charge in [-0.25, -0.2) is 0 Å². The third-order valence-electron chi connectivity index (χ3n) is 3.59. The largest absolute Gasteiger partial charge is 0.396 e. The van der Waals surface area contributed by atoms with E-state index in [9.17, 15) is 5.11 Å². The van der Waals surface area contributed by atoms with Crippen LogP contribution in [0.25, 0.3) is 0 Å². The Balaban J connectivity index is 3.02. The van der Waals surface area contributed by atoms with E-state index < -0.39 is 0 Å². The van der Waals surface area contributed by atoms with Gasteiger partial charge in [0.25, 0.3) is 0 Å². The van der Waals surface area contributed by atoms with Crippen molar-refractivity contribution in [2.24, 2.45) is 0 Å². The van der Waals surface area contributed by atoms with Gasteiger partial charge in [0.2, 0.25) is 0 Å². The van der Waals surface area contributed by atoms with Gasteiger partial charge < -0.3 is 10.2 Å². The Morgan fingerprint density at radius 3 is 1.61 bits per heavy atom. The van der Waals surface area contributed by atoms with Crippen LogP contribution < -0.4 is 0 Å². The minimum absolute atomic E-state index is 0.189. The number of rotatable bonds is 14. The summed E-state index contributed by atoms with van der Waals surface area (Å²) in [5, 5.41) is 18.2. The molecular formula is C16H34O2. The Morgan fingerprint density at radius 2 is 1.11 bits per heavy atom. The molecule has 0 fully saturated rings. The highest BCUT2D eigenvalue weighted by atomic mass is 16.3. The number of hydrogen-bond donors (Lipinski definition) is 2. The molecule has 0 aliphatic carbocycles. The fraction of sp³-hybridized carbons (Fsp3) is 1.00. The van der Waals surface area contributed by atoms with Gasteiger partial charge in [-0.1, -0.05) is 71.1 Å². The molecule has 2 N–H and O–H groups in total. The first-order chi connectivity index (χ1) is 8.81. The number of aliphatic hydroxyl groups is 2. The summed E-state index contributed by atoms with van der Waals surface area (Å²) < 4.78 is 0. The lowest BCUT2D eigenvalue weighted by molar-refractivity contribution is 0.137. The highest BCUT2D eigenvalue weighted by Gasteiger charge is 2.02. The van der Waals surface area contributed by atoms with Crippen LogP contribution in [0.1, 0.15) is 90.4 Å². The first kappa shape index (κ1) is 17.9. The zero-order valence-corrected chi connectivity index (χ0v) is 12.4. The van der Waals surface area contributed by atoms with Crippen LogP contribution in [0.3, 0.4) is 0 Å². The topological polar surface area (TPSA) is 40.5 Å². The quantitative estimate of drug-likeness (QED) is 0.452. The summed E-state index contributed by atoms with van der Waals surface area (Å²) in [6.07, 6.45) is 15.6. The van der Waals surface area contributed by atoms with Crippen LogP contribution in [0, 0.1) is 0 Å². The van der Waals surface area contributed by atoms with Gasteiger partial charge in [-0.2, -0.15) is 0 Å². The van der Waals surface area contributed by atoms with Crippen molar-refractivity contribution in [2.45, 2.75) is 96.5 Å². The van der Waals surface area contributed by atoms with Crippen molar-refractivity contribution in [3.63, 3.8) is 0 Å². The van der Waals surface area contributed by atoms with Crippen LogP contribution in [0.5, 0.6) is 0 Å². The molecule has 0 amide bonds. The second-order valence-corrected chi connectivity index (χ2v) is 5.49. The Morgan fingerprint density at radius 1 is 0.667 bits per heavy atom. The zero-order chi connectivity index (χ0) is 13.5. The molecule has 18 heavy (non-hydrogen) atoms. The lowest BCUT2D eigenvalue weighted by Crippen LogP contribution is -2.06. The average Bonchev–Trinajstić information content (AvgIpc) is 2.38. The molecule has 0 aromatic rings. The predicted octanol–water partition coefficient (Wildman–Crippen LogP) is 4.43. The van der Waals surface area contributed by atoms with Crippen LogP contribution in [0.15, 0.2) is 0 Å². The van der Waals surface area contributed by atoms with E-state index in [2.05, 4.69) is 6.92 Å². The fourth-order valence-electron chi connectivity index (χ4n) is 2.34. The predicted molar refractivity (Wildman–Crippen MR) is 78.8 cm³/mol. The van der Waals surface area contributed by atoms with E-state index in [1.807, 2.05) is 0 Å². The van der Waals surface area contributed by atoms with Crippen molar-refractivity contribution in [2.75, 3.05) is 6.61 Å². The summed E-state index contributed by atoms with van der Waals surface area (Å²) in [5.74, 6) is 0. The molecule has 0 heterocycles. The summed E-state index contributed by atoms with van der Waals surface area (Å²) in [7, 11) is 0. The van der Waals surface area contributed by atoms with E-state index in [-0.39, 0.29) is 12.7 Å². The zero-order valence-electron chi connectivity index (χ0n) is 12.4. The van der Waals surface area contributed by atoms with Crippen molar-refractivity contribution in [1.82, 2.24) is 0 Å². The summed E-state index contributed by atoms with van der Waals surface area (Å²) in [4.78, 5) is 0. The molecule has 0 saturated carbocycles. The highest BCUT2D eigenvalue weighted by Crippen LogP contribution is 2.13. The highest BCUT2D eigenvalue weighted by molar-refractivity contribution is 4.56. The summed E-state index contributed by atoms with van der Waals surface area (Å²) in [6, 6.07) is 0. The molecule has 0 radical (unpaired) electrons. The van der Waals surface area contributed by atoms with Gasteiger partial charge in [-0.15, -0.1) is 0 Å². The molecule has 0 aromatic heterocycles. The standard InChI is InChI=1S/C16H34O2/c1-2-3-4-5-6-7-8-9-10-11-13-16(18)14-12-15-17/h16-18H,2-15H2,1H3. The van der Waals surface area contributed by atoms with Gasteiger partial charge >= 0.3 is 0 Å². The summed E-state index contributed by atoms with van der Waals surface area (Å²) >= 11 is 0. The maximum absolute atomic E-state index is 9.59. The van der Waals surface area contributed by atoms with Crippen LogP contribution in [0.4, 0.5) is 0 Å². The van der Waals surface area contributed by atoms with E-state index in [1.165, 1.54) is 57.8 Å². The molecule has 0 bridgehead atoms. The molecule has 1 atom stereocenters. The van der Waals surface area contributed by atoms with E-state index in [1.54, 1.807) is 0 Å². The van der Waals surface area contributed by atoms with Crippen molar-refractivity contribution < 1.29 is 10.2 Å². The van der Waals surface area contributed by atoms with Crippen LogP contribution in [-0.4, -0.2) is 22.9 Å². The van der Waals surface area contributed by atoms with Crippen molar-refractivity contribution in [3.8, 4) is 0 Å². The molecule has 110 valence electrons. The van der Waals surface area contributed by atoms with Gasteiger partial charge in [0, 0.05) is 6.61 Å². The molecule has 0 spiro atoms. The van der Waals surface area contributed by atoms with Crippen molar-refractivity contribution in [1.29, 1.82) is 0 Å². The third kappa shape index (κ3) is 14.0. The van der Waals surface area contributed by atoms with Crippen LogP contribution in [-0.2, 0) is 0 Å².